The first-order chi connectivity index (χ1) is 7.68. The third-order valence-corrected chi connectivity index (χ3v) is 3.16. The van der Waals surface area contributed by atoms with Gasteiger partial charge in [-0.3, -0.25) is 9.89 Å². The van der Waals surface area contributed by atoms with Crippen LogP contribution in [0.5, 0.6) is 0 Å². The number of aryl methyl sites for hydroxylation is 1. The van der Waals surface area contributed by atoms with Crippen LogP contribution in [0.2, 0.25) is 0 Å². The summed E-state index contributed by atoms with van der Waals surface area (Å²) in [6.45, 7) is 5.69. The van der Waals surface area contributed by atoms with Crippen LogP contribution in [0.3, 0.4) is 0 Å². The number of hydrogen-bond donors (Lipinski definition) is 3. The van der Waals surface area contributed by atoms with Crippen molar-refractivity contribution in [3.8, 4) is 0 Å². The third kappa shape index (κ3) is 2.24. The van der Waals surface area contributed by atoms with Crippen molar-refractivity contribution in [1.82, 2.24) is 15.5 Å². The maximum atomic E-state index is 11.9. The number of nitrogens with one attached hydrogen (secondary N) is 3. The zero-order valence-corrected chi connectivity index (χ0v) is 9.76. The lowest BCUT2D eigenvalue weighted by Gasteiger charge is -2.21. The van der Waals surface area contributed by atoms with Crippen molar-refractivity contribution < 1.29 is 4.79 Å². The molecule has 2 heterocycles. The molecule has 0 radical (unpaired) electrons. The Morgan fingerprint density at radius 3 is 2.88 bits per heavy atom. The van der Waals surface area contributed by atoms with Crippen LogP contribution in [-0.4, -0.2) is 29.2 Å². The minimum absolute atomic E-state index is 0.0711. The summed E-state index contributed by atoms with van der Waals surface area (Å²) >= 11 is 0. The monoisotopic (exact) mass is 222 g/mol. The predicted octanol–water partition coefficient (Wildman–Crippen LogP) is 0.965. The van der Waals surface area contributed by atoms with Crippen molar-refractivity contribution in [3.05, 3.63) is 11.3 Å². The molecule has 0 spiro atoms. The zero-order valence-electron chi connectivity index (χ0n) is 9.76. The number of hydrogen-bond acceptors (Lipinski definition) is 3. The fourth-order valence-corrected chi connectivity index (χ4v) is 1.90. The van der Waals surface area contributed by atoms with Crippen molar-refractivity contribution in [1.29, 1.82) is 0 Å². The van der Waals surface area contributed by atoms with Gasteiger partial charge in [-0.25, -0.2) is 0 Å². The van der Waals surface area contributed by atoms with E-state index in [2.05, 4.69) is 20.8 Å². The van der Waals surface area contributed by atoms with Crippen molar-refractivity contribution in [2.45, 2.75) is 26.7 Å². The van der Waals surface area contributed by atoms with Gasteiger partial charge in [-0.2, -0.15) is 5.10 Å². The lowest BCUT2D eigenvalue weighted by atomic mass is 9.99. The summed E-state index contributed by atoms with van der Waals surface area (Å²) in [6.07, 6.45) is 2.03. The van der Waals surface area contributed by atoms with Crippen molar-refractivity contribution in [2.24, 2.45) is 5.92 Å². The van der Waals surface area contributed by atoms with Crippen LogP contribution in [0.25, 0.3) is 0 Å². The van der Waals surface area contributed by atoms with Crippen LogP contribution in [0.15, 0.2) is 0 Å². The van der Waals surface area contributed by atoms with Gasteiger partial charge in [-0.15, -0.1) is 0 Å². The molecule has 0 bridgehead atoms. The molecule has 1 aliphatic rings. The lowest BCUT2D eigenvalue weighted by molar-refractivity contribution is -0.120. The number of H-pyrrole nitrogens is 1. The van der Waals surface area contributed by atoms with Gasteiger partial charge in [-0.1, -0.05) is 0 Å². The first-order valence-corrected chi connectivity index (χ1v) is 5.71. The van der Waals surface area contributed by atoms with Gasteiger partial charge >= 0.3 is 0 Å². The van der Waals surface area contributed by atoms with Gasteiger partial charge in [0.25, 0.3) is 0 Å². The Morgan fingerprint density at radius 2 is 2.31 bits per heavy atom. The molecule has 88 valence electrons. The molecule has 1 aromatic heterocycles. The van der Waals surface area contributed by atoms with E-state index in [1.54, 1.807) is 0 Å². The minimum Gasteiger partial charge on any atom is -0.316 e. The van der Waals surface area contributed by atoms with E-state index in [0.29, 0.717) is 5.82 Å². The molecule has 1 aromatic rings. The highest BCUT2D eigenvalue weighted by atomic mass is 16.2. The minimum atomic E-state index is 0.0711. The summed E-state index contributed by atoms with van der Waals surface area (Å²) in [6, 6.07) is 0. The SMILES string of the molecule is Cc1[nH]nc(NC(=O)C2CCCNC2)c1C. The topological polar surface area (TPSA) is 69.8 Å². The average molecular weight is 222 g/mol. The Morgan fingerprint density at radius 1 is 1.50 bits per heavy atom. The average Bonchev–Trinajstić information content (AvgIpc) is 2.62. The van der Waals surface area contributed by atoms with E-state index >= 15 is 0 Å². The first-order valence-electron chi connectivity index (χ1n) is 5.71. The second-order valence-electron chi connectivity index (χ2n) is 4.35. The van der Waals surface area contributed by atoms with Gasteiger partial charge in [0, 0.05) is 17.8 Å². The molecule has 1 saturated heterocycles. The second kappa shape index (κ2) is 4.65. The summed E-state index contributed by atoms with van der Waals surface area (Å²) in [5, 5.41) is 13.0. The predicted molar refractivity (Wildman–Crippen MR) is 62.3 cm³/mol. The molecule has 0 aliphatic carbocycles. The van der Waals surface area contributed by atoms with Crippen LogP contribution in [0.4, 0.5) is 5.82 Å². The van der Waals surface area contributed by atoms with Gasteiger partial charge in [0.05, 0.1) is 5.92 Å². The molecule has 0 aromatic carbocycles. The van der Waals surface area contributed by atoms with Gasteiger partial charge < -0.3 is 10.6 Å². The van der Waals surface area contributed by atoms with E-state index in [-0.39, 0.29) is 11.8 Å². The van der Waals surface area contributed by atoms with E-state index < -0.39 is 0 Å². The van der Waals surface area contributed by atoms with Gasteiger partial charge in [-0.05, 0) is 33.2 Å². The molecular weight excluding hydrogens is 204 g/mol. The lowest BCUT2D eigenvalue weighted by Crippen LogP contribution is -2.37. The van der Waals surface area contributed by atoms with E-state index in [0.717, 1.165) is 37.2 Å². The van der Waals surface area contributed by atoms with E-state index in [9.17, 15) is 4.79 Å². The Kier molecular flexibility index (Phi) is 3.24. The number of amides is 1. The summed E-state index contributed by atoms with van der Waals surface area (Å²) < 4.78 is 0. The molecule has 1 aliphatic heterocycles. The Labute approximate surface area is 95.0 Å². The quantitative estimate of drug-likeness (QED) is 0.698. The zero-order chi connectivity index (χ0) is 11.5. The van der Waals surface area contributed by atoms with Crippen LogP contribution < -0.4 is 10.6 Å². The van der Waals surface area contributed by atoms with Gasteiger partial charge in [0.1, 0.15) is 0 Å². The van der Waals surface area contributed by atoms with Crippen LogP contribution in [-0.2, 0) is 4.79 Å². The number of nitrogens with zero attached hydrogens (tertiary/aromatic N) is 1. The standard InChI is InChI=1S/C11H18N4O/c1-7-8(2)14-15-10(7)13-11(16)9-4-3-5-12-6-9/h9,12H,3-6H2,1-2H3,(H2,13,14,15,16). The molecule has 1 amide bonds. The number of carbonyl (C=O) groups is 1. The normalized spacial score (nSPS) is 20.8. The molecule has 0 saturated carbocycles. The molecule has 3 N–H and O–H groups in total. The van der Waals surface area contributed by atoms with Gasteiger partial charge in [0.2, 0.25) is 5.91 Å². The molecule has 16 heavy (non-hydrogen) atoms. The van der Waals surface area contributed by atoms with Crippen molar-refractivity contribution in [3.63, 3.8) is 0 Å². The maximum absolute atomic E-state index is 11.9. The largest absolute Gasteiger partial charge is 0.316 e. The van der Waals surface area contributed by atoms with Crippen molar-refractivity contribution in [2.75, 3.05) is 18.4 Å². The fraction of sp³-hybridized carbons (Fsp3) is 0.636. The van der Waals surface area contributed by atoms with E-state index in [1.807, 2.05) is 13.8 Å². The van der Waals surface area contributed by atoms with Crippen LogP contribution >= 0.6 is 0 Å². The molecule has 1 unspecified atom stereocenters. The first kappa shape index (κ1) is 11.1. The van der Waals surface area contributed by atoms with Crippen LogP contribution in [0.1, 0.15) is 24.1 Å². The highest BCUT2D eigenvalue weighted by Gasteiger charge is 2.22. The number of piperidine rings is 1. The highest BCUT2D eigenvalue weighted by molar-refractivity contribution is 5.92. The summed E-state index contributed by atoms with van der Waals surface area (Å²) in [4.78, 5) is 11.9. The third-order valence-electron chi connectivity index (χ3n) is 3.16. The highest BCUT2D eigenvalue weighted by Crippen LogP contribution is 2.17. The maximum Gasteiger partial charge on any atom is 0.229 e. The van der Waals surface area contributed by atoms with Crippen molar-refractivity contribution >= 4 is 11.7 Å². The molecule has 5 heteroatoms. The number of aromatic nitrogens is 2. The second-order valence-corrected chi connectivity index (χ2v) is 4.35. The van der Waals surface area contributed by atoms with E-state index in [4.69, 9.17) is 0 Å². The molecule has 1 atom stereocenters. The fourth-order valence-electron chi connectivity index (χ4n) is 1.90. The molecule has 2 rings (SSSR count). The van der Waals surface area contributed by atoms with Gasteiger partial charge in [0.15, 0.2) is 5.82 Å². The molecular formula is C11H18N4O. The summed E-state index contributed by atoms with van der Waals surface area (Å²) in [7, 11) is 0. The van der Waals surface area contributed by atoms with E-state index in [1.165, 1.54) is 0 Å². The number of anilines is 1. The Balaban J connectivity index is 1.98. The smallest absolute Gasteiger partial charge is 0.229 e. The number of carbonyl (C=O) groups excluding carboxylic acids is 1. The number of aromatic amines is 1. The Bertz CT molecular complexity index is 379. The van der Waals surface area contributed by atoms with Crippen LogP contribution in [0, 0.1) is 19.8 Å². The molecule has 1 fully saturated rings. The molecule has 5 nitrogen and oxygen atoms in total. The summed E-state index contributed by atoms with van der Waals surface area (Å²) in [5.74, 6) is 0.806. The number of rotatable bonds is 2. The Hall–Kier alpha value is -1.36. The summed E-state index contributed by atoms with van der Waals surface area (Å²) in [5.41, 5.74) is 2.01.